The zero-order valence-electron chi connectivity index (χ0n) is 13.6. The van der Waals surface area contributed by atoms with Crippen molar-refractivity contribution in [2.45, 2.75) is 33.1 Å². The smallest absolute Gasteiger partial charge is 0.410 e. The molecule has 0 bridgehead atoms. The van der Waals surface area contributed by atoms with Gasteiger partial charge in [0, 0.05) is 6.54 Å². The van der Waals surface area contributed by atoms with Crippen molar-refractivity contribution in [3.05, 3.63) is 42.0 Å². The lowest BCUT2D eigenvalue weighted by atomic mass is 9.99. The van der Waals surface area contributed by atoms with Crippen LogP contribution in [0.15, 0.2) is 36.4 Å². The van der Waals surface area contributed by atoms with E-state index in [4.69, 9.17) is 14.5 Å². The number of benzene rings is 1. The zero-order chi connectivity index (χ0) is 16.4. The van der Waals surface area contributed by atoms with Crippen LogP contribution < -0.4 is 10.1 Å². The predicted octanol–water partition coefficient (Wildman–Crippen LogP) is 3.81. The van der Waals surface area contributed by atoms with E-state index in [9.17, 15) is 4.79 Å². The average Bonchev–Trinajstić information content (AvgIpc) is 2.50. The van der Waals surface area contributed by atoms with Gasteiger partial charge in [0.05, 0.1) is 6.61 Å². The van der Waals surface area contributed by atoms with E-state index >= 15 is 0 Å². The second-order valence-corrected chi connectivity index (χ2v) is 5.24. The molecule has 5 nitrogen and oxygen atoms in total. The predicted molar refractivity (Wildman–Crippen MR) is 85.9 cm³/mol. The van der Waals surface area contributed by atoms with E-state index in [2.05, 4.69) is 25.7 Å². The lowest BCUT2D eigenvalue weighted by Crippen LogP contribution is -2.30. The second kappa shape index (κ2) is 9.97. The molecule has 122 valence electrons. The Kier molecular flexibility index (Phi) is 8.25. The Morgan fingerprint density at radius 3 is 2.55 bits per heavy atom. The molecule has 1 rings (SSSR count). The van der Waals surface area contributed by atoms with E-state index in [0.717, 1.165) is 12.0 Å². The average molecular weight is 307 g/mol. The summed E-state index contributed by atoms with van der Waals surface area (Å²) in [6, 6.07) is 7.55. The third kappa shape index (κ3) is 7.24. The largest absolute Gasteiger partial charge is 0.412 e. The quantitative estimate of drug-likeness (QED) is 0.326. The van der Waals surface area contributed by atoms with Crippen molar-refractivity contribution in [1.82, 2.24) is 5.32 Å². The number of hydrogen-bond donors (Lipinski definition) is 1. The molecule has 22 heavy (non-hydrogen) atoms. The molecule has 0 radical (unpaired) electrons. The summed E-state index contributed by atoms with van der Waals surface area (Å²) < 4.78 is 5.17. The van der Waals surface area contributed by atoms with Crippen molar-refractivity contribution >= 4 is 6.09 Å². The minimum atomic E-state index is -0.514. The fourth-order valence-electron chi connectivity index (χ4n) is 1.64. The maximum absolute atomic E-state index is 11.6. The molecule has 0 aliphatic rings. The summed E-state index contributed by atoms with van der Waals surface area (Å²) in [6.45, 7) is 10.7. The van der Waals surface area contributed by atoms with E-state index in [0.29, 0.717) is 24.8 Å². The molecule has 0 saturated heterocycles. The molecule has 0 aliphatic heterocycles. The minimum Gasteiger partial charge on any atom is -0.410 e. The maximum Gasteiger partial charge on any atom is 0.412 e. The normalized spacial score (nSPS) is 11.8. The van der Waals surface area contributed by atoms with Gasteiger partial charge in [-0.05, 0) is 37.0 Å². The van der Waals surface area contributed by atoms with Crippen molar-refractivity contribution in [3.63, 3.8) is 0 Å². The zero-order valence-corrected chi connectivity index (χ0v) is 13.6. The third-order valence-electron chi connectivity index (χ3n) is 3.12. The number of nitrogens with one attached hydrogen (secondary N) is 1. The van der Waals surface area contributed by atoms with Crippen LogP contribution in [-0.2, 0) is 9.78 Å². The van der Waals surface area contributed by atoms with Gasteiger partial charge in [0.25, 0.3) is 0 Å². The highest BCUT2D eigenvalue weighted by atomic mass is 17.2. The molecule has 5 heteroatoms. The molecule has 0 heterocycles. The summed E-state index contributed by atoms with van der Waals surface area (Å²) in [6.07, 6.45) is 0.563. The van der Waals surface area contributed by atoms with Gasteiger partial charge in [0.15, 0.2) is 0 Å². The van der Waals surface area contributed by atoms with Crippen LogP contribution in [0.4, 0.5) is 4.79 Å². The number of carbonyl (C=O) groups excluding carboxylic acids is 1. The lowest BCUT2D eigenvalue weighted by molar-refractivity contribution is -0.286. The lowest BCUT2D eigenvalue weighted by Gasteiger charge is -2.10. The van der Waals surface area contributed by atoms with E-state index in [-0.39, 0.29) is 6.61 Å². The van der Waals surface area contributed by atoms with E-state index in [1.165, 1.54) is 5.56 Å². The van der Waals surface area contributed by atoms with Crippen LogP contribution in [0.1, 0.15) is 38.7 Å². The Morgan fingerprint density at radius 1 is 1.27 bits per heavy atom. The van der Waals surface area contributed by atoms with Gasteiger partial charge in [0.2, 0.25) is 0 Å². The van der Waals surface area contributed by atoms with E-state index in [1.807, 2.05) is 19.1 Å². The molecule has 1 atom stereocenters. The van der Waals surface area contributed by atoms with Crippen LogP contribution in [0.25, 0.3) is 0 Å². The molecular weight excluding hydrogens is 282 g/mol. The molecule has 1 aromatic carbocycles. The number of ether oxygens (including phenoxy) is 1. The molecule has 1 N–H and O–H groups in total. The molecule has 1 unspecified atom stereocenters. The van der Waals surface area contributed by atoms with Crippen molar-refractivity contribution in [3.8, 4) is 5.75 Å². The molecule has 0 spiro atoms. The Hall–Kier alpha value is -1.85. The molecule has 1 aromatic rings. The molecule has 1 amide bonds. The summed E-state index contributed by atoms with van der Waals surface area (Å²) in [5.74, 6) is 1.02. The molecule has 0 saturated carbocycles. The molecule has 0 aliphatic carbocycles. The van der Waals surface area contributed by atoms with Crippen LogP contribution in [0, 0.1) is 0 Å². The van der Waals surface area contributed by atoms with Crippen LogP contribution in [0.2, 0.25) is 0 Å². The van der Waals surface area contributed by atoms with Gasteiger partial charge in [-0.25, -0.2) is 14.6 Å². The van der Waals surface area contributed by atoms with Gasteiger partial charge < -0.3 is 10.1 Å². The standard InChI is InChI=1S/C17H25NO4/c1-5-14(4)15-6-8-16(9-7-15)22-17(19)18-10-11-20-21-12-13(2)3/h6-9,14H,2,5,10-12H2,1,3-4H3,(H,18,19). The Balaban J connectivity index is 2.23. The highest BCUT2D eigenvalue weighted by Crippen LogP contribution is 2.21. The summed E-state index contributed by atoms with van der Waals surface area (Å²) >= 11 is 0. The van der Waals surface area contributed by atoms with Crippen LogP contribution >= 0.6 is 0 Å². The first kappa shape index (κ1) is 18.2. The van der Waals surface area contributed by atoms with Gasteiger partial charge >= 0.3 is 6.09 Å². The highest BCUT2D eigenvalue weighted by molar-refractivity contribution is 5.70. The van der Waals surface area contributed by atoms with E-state index in [1.54, 1.807) is 12.1 Å². The second-order valence-electron chi connectivity index (χ2n) is 5.24. The SMILES string of the molecule is C=C(C)COOCCNC(=O)Oc1ccc(C(C)CC)cc1. The van der Waals surface area contributed by atoms with Gasteiger partial charge in [-0.1, -0.05) is 38.1 Å². The van der Waals surface area contributed by atoms with Crippen LogP contribution in [0.5, 0.6) is 5.75 Å². The highest BCUT2D eigenvalue weighted by Gasteiger charge is 2.06. The maximum atomic E-state index is 11.6. The summed E-state index contributed by atoms with van der Waals surface area (Å²) in [7, 11) is 0. The van der Waals surface area contributed by atoms with E-state index < -0.39 is 6.09 Å². The van der Waals surface area contributed by atoms with Gasteiger partial charge in [-0.3, -0.25) is 0 Å². The topological polar surface area (TPSA) is 56.8 Å². The van der Waals surface area contributed by atoms with Crippen LogP contribution in [-0.4, -0.2) is 25.9 Å². The number of amides is 1. The van der Waals surface area contributed by atoms with Crippen molar-refractivity contribution in [2.24, 2.45) is 0 Å². The van der Waals surface area contributed by atoms with Crippen LogP contribution in [0.3, 0.4) is 0 Å². The first-order chi connectivity index (χ1) is 10.5. The Morgan fingerprint density at radius 2 is 1.95 bits per heavy atom. The van der Waals surface area contributed by atoms with Gasteiger partial charge in [-0.2, -0.15) is 0 Å². The molecule has 0 aromatic heterocycles. The number of rotatable bonds is 9. The minimum absolute atomic E-state index is 0.245. The molecule has 0 fully saturated rings. The summed E-state index contributed by atoms with van der Waals surface area (Å²) in [5, 5.41) is 2.58. The summed E-state index contributed by atoms with van der Waals surface area (Å²) in [4.78, 5) is 21.3. The fourth-order valence-corrected chi connectivity index (χ4v) is 1.64. The van der Waals surface area contributed by atoms with Crippen molar-refractivity contribution in [2.75, 3.05) is 19.8 Å². The monoisotopic (exact) mass is 307 g/mol. The molecular formula is C17H25NO4. The van der Waals surface area contributed by atoms with Gasteiger partial charge in [-0.15, -0.1) is 0 Å². The number of hydrogen-bond acceptors (Lipinski definition) is 4. The fraction of sp³-hybridized carbons (Fsp3) is 0.471. The van der Waals surface area contributed by atoms with Crippen molar-refractivity contribution < 1.29 is 19.3 Å². The first-order valence-electron chi connectivity index (χ1n) is 7.47. The summed E-state index contributed by atoms with van der Waals surface area (Å²) in [5.41, 5.74) is 2.10. The first-order valence-corrected chi connectivity index (χ1v) is 7.47. The Labute approximate surface area is 132 Å². The van der Waals surface area contributed by atoms with Gasteiger partial charge in [0.1, 0.15) is 12.4 Å². The Bertz CT molecular complexity index is 470. The third-order valence-corrected chi connectivity index (χ3v) is 3.12. The van der Waals surface area contributed by atoms with Crippen molar-refractivity contribution in [1.29, 1.82) is 0 Å². The number of carbonyl (C=O) groups is 1.